The Morgan fingerprint density at radius 2 is 2.00 bits per heavy atom. The molecule has 4 N–H and O–H groups in total. The van der Waals surface area contributed by atoms with Crippen LogP contribution in [0.2, 0.25) is 0 Å². The van der Waals surface area contributed by atoms with E-state index in [4.69, 9.17) is 5.84 Å². The summed E-state index contributed by atoms with van der Waals surface area (Å²) in [5, 5.41) is 3.40. The van der Waals surface area contributed by atoms with Crippen molar-refractivity contribution in [2.45, 2.75) is 31.7 Å². The van der Waals surface area contributed by atoms with Crippen LogP contribution in [-0.2, 0) is 0 Å². The van der Waals surface area contributed by atoms with Crippen molar-refractivity contribution in [2.75, 3.05) is 31.4 Å². The summed E-state index contributed by atoms with van der Waals surface area (Å²) in [7, 11) is 4.28. The maximum Gasteiger partial charge on any atom is 0.145 e. The molecule has 1 heterocycles. The SMILES string of the molecule is Cc1nc(NN)cc(NCC2(N(C)C)CCC2)n1. The number of likely N-dealkylation sites (N-methyl/N-ethyl adjacent to an activating group) is 1. The Bertz CT molecular complexity index is 413. The highest BCUT2D eigenvalue weighted by Crippen LogP contribution is 2.36. The Kier molecular flexibility index (Phi) is 3.68. The molecule has 1 aromatic heterocycles. The van der Waals surface area contributed by atoms with Crippen LogP contribution in [0.3, 0.4) is 0 Å². The van der Waals surface area contributed by atoms with Crippen LogP contribution in [0.5, 0.6) is 0 Å². The summed E-state index contributed by atoms with van der Waals surface area (Å²) < 4.78 is 0. The first-order chi connectivity index (χ1) is 8.55. The van der Waals surface area contributed by atoms with Gasteiger partial charge in [0.1, 0.15) is 17.5 Å². The van der Waals surface area contributed by atoms with Gasteiger partial charge in [0.05, 0.1) is 0 Å². The second-order valence-corrected chi connectivity index (χ2v) is 5.16. The molecule has 0 radical (unpaired) electrons. The molecule has 2 rings (SSSR count). The van der Waals surface area contributed by atoms with Crippen molar-refractivity contribution in [1.82, 2.24) is 14.9 Å². The van der Waals surface area contributed by atoms with Crippen LogP contribution in [-0.4, -0.2) is 41.0 Å². The second kappa shape index (κ2) is 5.07. The predicted octanol–water partition coefficient (Wildman–Crippen LogP) is 0.967. The highest BCUT2D eigenvalue weighted by Gasteiger charge is 2.38. The summed E-state index contributed by atoms with van der Waals surface area (Å²) in [6.45, 7) is 2.76. The summed E-state index contributed by atoms with van der Waals surface area (Å²) in [5.74, 6) is 7.55. The monoisotopic (exact) mass is 250 g/mol. The van der Waals surface area contributed by atoms with Crippen LogP contribution < -0.4 is 16.6 Å². The fourth-order valence-corrected chi connectivity index (χ4v) is 2.35. The van der Waals surface area contributed by atoms with Gasteiger partial charge in [-0.3, -0.25) is 0 Å². The minimum Gasteiger partial charge on any atom is -0.368 e. The molecular formula is C12H22N6. The summed E-state index contributed by atoms with van der Waals surface area (Å²) >= 11 is 0. The zero-order valence-electron chi connectivity index (χ0n) is 11.3. The van der Waals surface area contributed by atoms with Gasteiger partial charge in [0, 0.05) is 18.2 Å². The number of anilines is 2. The number of nitrogen functional groups attached to an aromatic ring is 1. The summed E-state index contributed by atoms with van der Waals surface area (Å²) in [4.78, 5) is 10.8. The average molecular weight is 250 g/mol. The van der Waals surface area contributed by atoms with Gasteiger partial charge in [-0.05, 0) is 40.3 Å². The van der Waals surface area contributed by atoms with Crippen LogP contribution in [0.4, 0.5) is 11.6 Å². The van der Waals surface area contributed by atoms with Gasteiger partial charge in [-0.2, -0.15) is 0 Å². The number of nitrogens with zero attached hydrogens (tertiary/aromatic N) is 3. The zero-order chi connectivity index (χ0) is 13.2. The molecule has 18 heavy (non-hydrogen) atoms. The Labute approximate surface area is 108 Å². The topological polar surface area (TPSA) is 79.1 Å². The van der Waals surface area contributed by atoms with Gasteiger partial charge in [-0.25, -0.2) is 15.8 Å². The number of hydrogen-bond acceptors (Lipinski definition) is 6. The summed E-state index contributed by atoms with van der Waals surface area (Å²) in [6, 6.07) is 1.83. The summed E-state index contributed by atoms with van der Waals surface area (Å²) in [6.07, 6.45) is 3.77. The number of hydrazine groups is 1. The molecule has 0 bridgehead atoms. The first-order valence-electron chi connectivity index (χ1n) is 6.29. The highest BCUT2D eigenvalue weighted by molar-refractivity contribution is 5.47. The first kappa shape index (κ1) is 13.0. The van der Waals surface area contributed by atoms with E-state index in [2.05, 4.69) is 39.7 Å². The van der Waals surface area contributed by atoms with Crippen molar-refractivity contribution < 1.29 is 0 Å². The molecule has 0 atom stereocenters. The van der Waals surface area contributed by atoms with E-state index in [-0.39, 0.29) is 5.54 Å². The van der Waals surface area contributed by atoms with E-state index in [9.17, 15) is 0 Å². The van der Waals surface area contributed by atoms with E-state index in [1.54, 1.807) is 0 Å². The van der Waals surface area contributed by atoms with Gasteiger partial charge in [0.2, 0.25) is 0 Å². The van der Waals surface area contributed by atoms with E-state index in [1.165, 1.54) is 19.3 Å². The van der Waals surface area contributed by atoms with Crippen molar-refractivity contribution >= 4 is 11.6 Å². The van der Waals surface area contributed by atoms with Crippen molar-refractivity contribution in [1.29, 1.82) is 0 Å². The van der Waals surface area contributed by atoms with E-state index < -0.39 is 0 Å². The molecule has 100 valence electrons. The summed E-state index contributed by atoms with van der Waals surface area (Å²) in [5.41, 5.74) is 2.83. The van der Waals surface area contributed by atoms with Crippen molar-refractivity contribution in [3.05, 3.63) is 11.9 Å². The van der Waals surface area contributed by atoms with E-state index in [0.717, 1.165) is 12.4 Å². The molecule has 1 fully saturated rings. The van der Waals surface area contributed by atoms with E-state index in [1.807, 2.05) is 13.0 Å². The smallest absolute Gasteiger partial charge is 0.145 e. The van der Waals surface area contributed by atoms with Crippen molar-refractivity contribution in [3.8, 4) is 0 Å². The number of aryl methyl sites for hydroxylation is 1. The second-order valence-electron chi connectivity index (χ2n) is 5.16. The van der Waals surface area contributed by atoms with Crippen LogP contribution >= 0.6 is 0 Å². The van der Waals surface area contributed by atoms with Crippen LogP contribution in [0.15, 0.2) is 6.07 Å². The van der Waals surface area contributed by atoms with Crippen molar-refractivity contribution in [2.24, 2.45) is 5.84 Å². The maximum absolute atomic E-state index is 5.38. The van der Waals surface area contributed by atoms with Crippen LogP contribution in [0.1, 0.15) is 25.1 Å². The lowest BCUT2D eigenvalue weighted by molar-refractivity contribution is 0.0738. The molecule has 0 saturated heterocycles. The number of rotatable bonds is 5. The fraction of sp³-hybridized carbons (Fsp3) is 0.667. The normalized spacial score (nSPS) is 17.4. The van der Waals surface area contributed by atoms with Crippen LogP contribution in [0, 0.1) is 6.92 Å². The minimum absolute atomic E-state index is 0.273. The third-order valence-electron chi connectivity index (χ3n) is 3.82. The maximum atomic E-state index is 5.38. The number of hydrogen-bond donors (Lipinski definition) is 3. The first-order valence-corrected chi connectivity index (χ1v) is 6.29. The lowest BCUT2D eigenvalue weighted by Gasteiger charge is -2.47. The minimum atomic E-state index is 0.273. The van der Waals surface area contributed by atoms with Gasteiger partial charge in [-0.1, -0.05) is 0 Å². The molecule has 0 spiro atoms. The molecule has 6 heteroatoms. The molecule has 6 nitrogen and oxygen atoms in total. The Balaban J connectivity index is 2.03. The largest absolute Gasteiger partial charge is 0.368 e. The Morgan fingerprint density at radius 3 is 2.50 bits per heavy atom. The molecule has 1 aliphatic rings. The van der Waals surface area contributed by atoms with Gasteiger partial charge < -0.3 is 15.6 Å². The molecular weight excluding hydrogens is 228 g/mol. The quantitative estimate of drug-likeness (QED) is 0.534. The molecule has 0 unspecified atom stereocenters. The highest BCUT2D eigenvalue weighted by atomic mass is 15.3. The molecule has 1 saturated carbocycles. The van der Waals surface area contributed by atoms with Gasteiger partial charge in [-0.15, -0.1) is 0 Å². The number of nitrogens with one attached hydrogen (secondary N) is 2. The van der Waals surface area contributed by atoms with E-state index in [0.29, 0.717) is 11.6 Å². The standard InChI is InChI=1S/C12H22N6/c1-9-15-10(7-11(16-9)17-13)14-8-12(18(2)3)5-4-6-12/h7H,4-6,8,13H2,1-3H3,(H2,14,15,16,17). The molecule has 1 aliphatic carbocycles. The third kappa shape index (κ3) is 2.54. The lowest BCUT2D eigenvalue weighted by Crippen LogP contribution is -2.54. The van der Waals surface area contributed by atoms with Gasteiger partial charge in [0.15, 0.2) is 0 Å². The molecule has 0 aliphatic heterocycles. The third-order valence-corrected chi connectivity index (χ3v) is 3.82. The van der Waals surface area contributed by atoms with Crippen molar-refractivity contribution in [3.63, 3.8) is 0 Å². The molecule has 0 amide bonds. The zero-order valence-corrected chi connectivity index (χ0v) is 11.3. The van der Waals surface area contributed by atoms with Gasteiger partial charge in [0.25, 0.3) is 0 Å². The lowest BCUT2D eigenvalue weighted by atomic mass is 9.75. The van der Waals surface area contributed by atoms with Gasteiger partial charge >= 0.3 is 0 Å². The Hall–Kier alpha value is -1.40. The number of aromatic nitrogens is 2. The van der Waals surface area contributed by atoms with Crippen LogP contribution in [0.25, 0.3) is 0 Å². The predicted molar refractivity (Wildman–Crippen MR) is 73.3 cm³/mol. The van der Waals surface area contributed by atoms with E-state index >= 15 is 0 Å². The molecule has 0 aromatic carbocycles. The Morgan fingerprint density at radius 1 is 1.33 bits per heavy atom. The fourth-order valence-electron chi connectivity index (χ4n) is 2.35. The number of nitrogens with two attached hydrogens (primary N) is 1. The molecule has 1 aromatic rings. The average Bonchev–Trinajstić information content (AvgIpc) is 2.26.